The van der Waals surface area contributed by atoms with E-state index in [-0.39, 0.29) is 0 Å². The highest BCUT2D eigenvalue weighted by molar-refractivity contribution is 5.75. The molecule has 1 aromatic rings. The maximum Gasteiger partial charge on any atom is 0.126 e. The highest BCUT2D eigenvalue weighted by Gasteiger charge is 2.00. The number of hydrogen-bond donors (Lipinski definition) is 0. The summed E-state index contributed by atoms with van der Waals surface area (Å²) in [6.45, 7) is 34.5. The van der Waals surface area contributed by atoms with Gasteiger partial charge in [0.05, 0.1) is 0 Å². The summed E-state index contributed by atoms with van der Waals surface area (Å²) >= 11 is 0. The van der Waals surface area contributed by atoms with E-state index in [1.807, 2.05) is 111 Å². The number of carbonyl (C=O) groups is 2. The zero-order chi connectivity index (χ0) is 32.9. The minimum atomic E-state index is 0.801. The van der Waals surface area contributed by atoms with E-state index >= 15 is 0 Å². The molecule has 4 nitrogen and oxygen atoms in total. The lowest BCUT2D eigenvalue weighted by Gasteiger charge is -2.07. The summed E-state index contributed by atoms with van der Waals surface area (Å²) in [5, 5.41) is 0. The van der Waals surface area contributed by atoms with Gasteiger partial charge >= 0.3 is 0 Å². The standard InChI is InChI=1S/C23H26O.C4H8.C3H4.C2H6O.C2H6.2CH2O/c1-7-10-21(11-8-2)22-14-16-23(17-15-22)24-19(6)12-13-20(9-3)18(4)5;1-4(2)3;2*1-3-2;3*1-2/h7-17H,1,3-4H2,2,5-6H3;1H2,2-3H3;1H,2H3;1-2H3;1-2H3;2*1H2/b11-8-,19-12+,20-13+,21-10+;;;;;;. The smallest absolute Gasteiger partial charge is 0.126 e. The molecule has 0 spiro atoms. The zero-order valence-electron chi connectivity index (χ0n) is 26.8. The van der Waals surface area contributed by atoms with Crippen LogP contribution < -0.4 is 4.74 Å². The molecule has 0 aromatic heterocycles. The predicted molar refractivity (Wildman–Crippen MR) is 180 cm³/mol. The Hall–Kier alpha value is -4.20. The summed E-state index contributed by atoms with van der Waals surface area (Å²) in [6, 6.07) is 8.00. The van der Waals surface area contributed by atoms with Crippen molar-refractivity contribution in [2.24, 2.45) is 0 Å². The Balaban J connectivity index is -0.000000150. The lowest BCUT2D eigenvalue weighted by molar-refractivity contribution is -0.0987. The minimum absolute atomic E-state index is 0.801. The van der Waals surface area contributed by atoms with Crippen molar-refractivity contribution >= 4 is 19.2 Å². The molecule has 0 saturated carbocycles. The van der Waals surface area contributed by atoms with Crippen LogP contribution >= 0.6 is 0 Å². The molecule has 0 amide bonds. The van der Waals surface area contributed by atoms with E-state index < -0.39 is 0 Å². The van der Waals surface area contributed by atoms with E-state index in [1.165, 1.54) is 5.57 Å². The minimum Gasteiger partial charge on any atom is -0.462 e. The molecule has 0 atom stereocenters. The molecule has 40 heavy (non-hydrogen) atoms. The number of terminal acetylenes is 1. The van der Waals surface area contributed by atoms with Gasteiger partial charge < -0.3 is 19.1 Å². The van der Waals surface area contributed by atoms with E-state index in [0.29, 0.717) is 0 Å². The highest BCUT2D eigenvalue weighted by atomic mass is 16.5. The van der Waals surface area contributed by atoms with E-state index in [1.54, 1.807) is 33.3 Å². The molecule has 0 aliphatic rings. The first-order valence-corrected chi connectivity index (χ1v) is 12.5. The molecule has 0 aliphatic carbocycles. The SMILES string of the molecule is C#CC.C=C(C)C.C=C/C=C(\C=C/C)c1ccc(O/C(C)=C/C=C(\C=C)C(=C)C)cc1.C=O.C=O.CC.COC. The van der Waals surface area contributed by atoms with Crippen LogP contribution in [0.25, 0.3) is 5.57 Å². The van der Waals surface area contributed by atoms with Crippen molar-refractivity contribution in [3.63, 3.8) is 0 Å². The topological polar surface area (TPSA) is 52.6 Å². The monoisotopic (exact) mass is 550 g/mol. The summed E-state index contributed by atoms with van der Waals surface area (Å²) in [5.41, 5.74) is 5.38. The molecule has 0 N–H and O–H groups in total. The average molecular weight is 551 g/mol. The molecule has 0 heterocycles. The summed E-state index contributed by atoms with van der Waals surface area (Å²) < 4.78 is 10.1. The van der Waals surface area contributed by atoms with Crippen LogP contribution in [0.1, 0.15) is 61.0 Å². The Bertz CT molecular complexity index is 928. The van der Waals surface area contributed by atoms with Gasteiger partial charge in [0.1, 0.15) is 25.1 Å². The van der Waals surface area contributed by atoms with Crippen LogP contribution in [0.4, 0.5) is 0 Å². The second-order valence-corrected chi connectivity index (χ2v) is 7.27. The summed E-state index contributed by atoms with van der Waals surface area (Å²) in [5.74, 6) is 3.86. The normalized spacial score (nSPS) is 9.47. The first-order valence-electron chi connectivity index (χ1n) is 12.5. The Labute approximate surface area is 246 Å². The maximum absolute atomic E-state index is 8.00. The van der Waals surface area contributed by atoms with Crippen molar-refractivity contribution in [3.8, 4) is 18.1 Å². The van der Waals surface area contributed by atoms with Gasteiger partial charge in [-0.15, -0.1) is 18.9 Å². The number of allylic oxidation sites excluding steroid dienone is 12. The van der Waals surface area contributed by atoms with Gasteiger partial charge in [0.2, 0.25) is 0 Å². The van der Waals surface area contributed by atoms with Crippen LogP contribution in [-0.2, 0) is 14.3 Å². The van der Waals surface area contributed by atoms with E-state index in [9.17, 15) is 0 Å². The van der Waals surface area contributed by atoms with Gasteiger partial charge in [0.25, 0.3) is 0 Å². The molecule has 0 fully saturated rings. The quantitative estimate of drug-likeness (QED) is 0.140. The first-order chi connectivity index (χ1) is 19.1. The van der Waals surface area contributed by atoms with Gasteiger partial charge in [-0.2, -0.15) is 0 Å². The lowest BCUT2D eigenvalue weighted by Crippen LogP contribution is -1.91. The van der Waals surface area contributed by atoms with Gasteiger partial charge in [0.15, 0.2) is 0 Å². The number of ether oxygens (including phenoxy) is 2. The van der Waals surface area contributed by atoms with Crippen molar-refractivity contribution in [2.45, 2.75) is 55.4 Å². The molecule has 4 heteroatoms. The number of methoxy groups -OCH3 is 1. The molecule has 1 aromatic carbocycles. The van der Waals surface area contributed by atoms with Crippen LogP contribution in [0, 0.1) is 12.3 Å². The molecule has 1 rings (SSSR count). The van der Waals surface area contributed by atoms with Crippen molar-refractivity contribution in [1.82, 2.24) is 0 Å². The fraction of sp³-hybridized carbons (Fsp3) is 0.278. The third kappa shape index (κ3) is 38.3. The Morgan fingerprint density at radius 1 is 0.875 bits per heavy atom. The van der Waals surface area contributed by atoms with Crippen LogP contribution in [-0.4, -0.2) is 27.8 Å². The molecule has 222 valence electrons. The van der Waals surface area contributed by atoms with Gasteiger partial charge in [0, 0.05) is 14.2 Å². The van der Waals surface area contributed by atoms with Crippen molar-refractivity contribution < 1.29 is 19.1 Å². The molecule has 0 radical (unpaired) electrons. The maximum atomic E-state index is 8.00. The Morgan fingerprint density at radius 3 is 1.57 bits per heavy atom. The largest absolute Gasteiger partial charge is 0.462 e. The highest BCUT2D eigenvalue weighted by Crippen LogP contribution is 2.21. The van der Waals surface area contributed by atoms with Gasteiger partial charge in [-0.3, -0.25) is 0 Å². The zero-order valence-corrected chi connectivity index (χ0v) is 26.8. The van der Waals surface area contributed by atoms with Gasteiger partial charge in [-0.05, 0) is 76.5 Å². The number of benzene rings is 1. The molecule has 0 saturated heterocycles. The van der Waals surface area contributed by atoms with Crippen LogP contribution in [0.2, 0.25) is 0 Å². The predicted octanol–water partition coefficient (Wildman–Crippen LogP) is 9.94. The fourth-order valence-electron chi connectivity index (χ4n) is 2.08. The summed E-state index contributed by atoms with van der Waals surface area (Å²) in [4.78, 5) is 16.0. The van der Waals surface area contributed by atoms with Gasteiger partial charge in [-0.1, -0.05) is 93.3 Å². The third-order valence-electron chi connectivity index (χ3n) is 3.32. The van der Waals surface area contributed by atoms with E-state index in [2.05, 4.69) is 49.5 Å². The van der Waals surface area contributed by atoms with Crippen molar-refractivity contribution in [2.75, 3.05) is 14.2 Å². The van der Waals surface area contributed by atoms with E-state index in [4.69, 9.17) is 14.3 Å². The number of hydrogen-bond acceptors (Lipinski definition) is 4. The third-order valence-corrected chi connectivity index (χ3v) is 3.32. The fourth-order valence-corrected chi connectivity index (χ4v) is 2.08. The molecular formula is C36H54O4. The Morgan fingerprint density at radius 2 is 1.27 bits per heavy atom. The van der Waals surface area contributed by atoms with Crippen LogP contribution in [0.3, 0.4) is 0 Å². The van der Waals surface area contributed by atoms with Crippen LogP contribution in [0.15, 0.2) is 116 Å². The Kier molecular flexibility index (Phi) is 51.2. The molecule has 0 aliphatic heterocycles. The molecule has 0 bridgehead atoms. The second kappa shape index (κ2) is 41.9. The number of carbonyl (C=O) groups excluding carboxylic acids is 2. The summed E-state index contributed by atoms with van der Waals surface area (Å²) in [7, 11) is 3.25. The van der Waals surface area contributed by atoms with Gasteiger partial charge in [-0.25, -0.2) is 0 Å². The van der Waals surface area contributed by atoms with Crippen molar-refractivity contribution in [3.05, 3.63) is 121 Å². The second-order valence-electron chi connectivity index (χ2n) is 7.27. The van der Waals surface area contributed by atoms with E-state index in [0.717, 1.165) is 33.8 Å². The molecule has 0 unspecified atom stereocenters. The first kappa shape index (κ1) is 48.8. The van der Waals surface area contributed by atoms with Crippen molar-refractivity contribution in [1.29, 1.82) is 0 Å². The average Bonchev–Trinajstić information content (AvgIpc) is 2.93. The lowest BCUT2D eigenvalue weighted by atomic mass is 10.0. The molecular weight excluding hydrogens is 496 g/mol. The van der Waals surface area contributed by atoms with Crippen LogP contribution in [0.5, 0.6) is 5.75 Å². The number of rotatable bonds is 8. The summed E-state index contributed by atoms with van der Waals surface area (Å²) in [6.07, 6.45) is 18.1.